The van der Waals surface area contributed by atoms with Gasteiger partial charge in [0.05, 0.1) is 30.8 Å². The minimum atomic E-state index is -0.531. The highest BCUT2D eigenvalue weighted by Crippen LogP contribution is 2.16. The maximum Gasteiger partial charge on any atom is 0.246 e. The van der Waals surface area contributed by atoms with Crippen LogP contribution in [0.25, 0.3) is 0 Å². The fraction of sp³-hybridized carbons (Fsp3) is 0.357. The molecular weight excluding hydrogens is 261 g/mol. The van der Waals surface area contributed by atoms with E-state index in [-0.39, 0.29) is 30.5 Å². The Labute approximate surface area is 116 Å². The van der Waals surface area contributed by atoms with E-state index >= 15 is 0 Å². The molecule has 1 heterocycles. The fourth-order valence-corrected chi connectivity index (χ4v) is 2.13. The summed E-state index contributed by atoms with van der Waals surface area (Å²) in [6, 6.07) is 5.37. The number of carbonyl (C=O) groups is 2. The van der Waals surface area contributed by atoms with E-state index in [0.29, 0.717) is 12.0 Å². The van der Waals surface area contributed by atoms with E-state index < -0.39 is 11.9 Å². The number of nitriles is 1. The molecule has 1 aliphatic rings. The third-order valence-corrected chi connectivity index (χ3v) is 3.28. The molecule has 1 aromatic carbocycles. The Hall–Kier alpha value is -2.26. The number of nitrogens with zero attached hydrogens (tertiary/aromatic N) is 2. The topological polar surface area (TPSA) is 73.2 Å². The summed E-state index contributed by atoms with van der Waals surface area (Å²) < 4.78 is 13.7. The van der Waals surface area contributed by atoms with E-state index in [1.54, 1.807) is 0 Å². The molecule has 104 valence electrons. The highest BCUT2D eigenvalue weighted by Gasteiger charge is 2.33. The van der Waals surface area contributed by atoms with Gasteiger partial charge in [-0.15, -0.1) is 0 Å². The number of carbonyl (C=O) groups excluding carboxylic acids is 2. The second-order valence-corrected chi connectivity index (χ2v) is 4.58. The molecule has 0 aliphatic carbocycles. The van der Waals surface area contributed by atoms with Gasteiger partial charge in [-0.3, -0.25) is 19.8 Å². The first-order valence-electron chi connectivity index (χ1n) is 6.33. The number of imide groups is 1. The van der Waals surface area contributed by atoms with Crippen molar-refractivity contribution in [1.82, 2.24) is 10.2 Å². The van der Waals surface area contributed by atoms with Crippen molar-refractivity contribution in [2.75, 3.05) is 6.54 Å². The first kappa shape index (κ1) is 14.2. The summed E-state index contributed by atoms with van der Waals surface area (Å²) in [5, 5.41) is 11.6. The van der Waals surface area contributed by atoms with Crippen molar-refractivity contribution in [3.05, 3.63) is 35.1 Å². The van der Waals surface area contributed by atoms with Gasteiger partial charge in [0.15, 0.2) is 0 Å². The van der Waals surface area contributed by atoms with E-state index in [2.05, 4.69) is 5.32 Å². The summed E-state index contributed by atoms with van der Waals surface area (Å²) in [6.45, 7) is 1.75. The van der Waals surface area contributed by atoms with Gasteiger partial charge in [-0.1, -0.05) is 6.92 Å². The number of nitrogens with one attached hydrogen (secondary N) is 1. The standard InChI is InChI=1S/C14H14FN3O2/c1-2-12-14(20)18(13(19)7-17-12)8-10-5-9(6-16)3-4-11(10)15/h3-5,12,17H,2,7-8H2,1H3. The number of hydrogen-bond acceptors (Lipinski definition) is 4. The van der Waals surface area contributed by atoms with Crippen molar-refractivity contribution in [2.24, 2.45) is 0 Å². The van der Waals surface area contributed by atoms with Crippen molar-refractivity contribution in [2.45, 2.75) is 25.9 Å². The zero-order chi connectivity index (χ0) is 14.7. The number of benzene rings is 1. The van der Waals surface area contributed by atoms with Crippen LogP contribution in [-0.2, 0) is 16.1 Å². The Balaban J connectivity index is 2.26. The molecule has 2 rings (SSSR count). The molecule has 1 atom stereocenters. The number of rotatable bonds is 3. The van der Waals surface area contributed by atoms with Crippen LogP contribution in [0.3, 0.4) is 0 Å². The molecule has 6 heteroatoms. The second-order valence-electron chi connectivity index (χ2n) is 4.58. The lowest BCUT2D eigenvalue weighted by Crippen LogP contribution is -2.57. The van der Waals surface area contributed by atoms with Crippen LogP contribution < -0.4 is 5.32 Å². The normalized spacial score (nSPS) is 19.1. The smallest absolute Gasteiger partial charge is 0.246 e. The molecule has 0 radical (unpaired) electrons. The van der Waals surface area contributed by atoms with Gasteiger partial charge >= 0.3 is 0 Å². The molecular formula is C14H14FN3O2. The van der Waals surface area contributed by atoms with Crippen molar-refractivity contribution < 1.29 is 14.0 Å². The highest BCUT2D eigenvalue weighted by molar-refractivity contribution is 6.01. The molecule has 0 spiro atoms. The molecule has 1 unspecified atom stereocenters. The maximum atomic E-state index is 13.7. The van der Waals surface area contributed by atoms with E-state index in [4.69, 9.17) is 5.26 Å². The molecule has 0 saturated carbocycles. The van der Waals surface area contributed by atoms with Gasteiger partial charge in [0, 0.05) is 5.56 Å². The van der Waals surface area contributed by atoms with Crippen LogP contribution in [0.4, 0.5) is 4.39 Å². The number of piperazine rings is 1. The third kappa shape index (κ3) is 2.68. The molecule has 1 fully saturated rings. The highest BCUT2D eigenvalue weighted by atomic mass is 19.1. The lowest BCUT2D eigenvalue weighted by molar-refractivity contribution is -0.150. The maximum absolute atomic E-state index is 13.7. The average Bonchev–Trinajstić information content (AvgIpc) is 2.45. The van der Waals surface area contributed by atoms with Gasteiger partial charge in [-0.2, -0.15) is 5.26 Å². The summed E-state index contributed by atoms with van der Waals surface area (Å²) >= 11 is 0. The van der Waals surface area contributed by atoms with Gasteiger partial charge in [0.1, 0.15) is 5.82 Å². The lowest BCUT2D eigenvalue weighted by Gasteiger charge is -2.31. The summed E-state index contributed by atoms with van der Waals surface area (Å²) in [4.78, 5) is 24.9. The molecule has 1 N–H and O–H groups in total. The van der Waals surface area contributed by atoms with Gasteiger partial charge in [0.25, 0.3) is 0 Å². The van der Waals surface area contributed by atoms with Crippen molar-refractivity contribution in [1.29, 1.82) is 5.26 Å². The predicted octanol–water partition coefficient (Wildman–Crippen LogP) is 0.934. The minimum absolute atomic E-state index is 0.0593. The number of halogens is 1. The van der Waals surface area contributed by atoms with Crippen molar-refractivity contribution in [3.8, 4) is 6.07 Å². The van der Waals surface area contributed by atoms with E-state index in [1.165, 1.54) is 18.2 Å². The van der Waals surface area contributed by atoms with Gasteiger partial charge < -0.3 is 0 Å². The molecule has 0 aromatic heterocycles. The molecule has 1 aromatic rings. The molecule has 0 bridgehead atoms. The quantitative estimate of drug-likeness (QED) is 0.833. The summed E-state index contributed by atoms with van der Waals surface area (Å²) in [6.07, 6.45) is 0.559. The Bertz CT molecular complexity index is 595. The molecule has 1 saturated heterocycles. The van der Waals surface area contributed by atoms with Crippen LogP contribution in [0.15, 0.2) is 18.2 Å². The van der Waals surface area contributed by atoms with Crippen LogP contribution in [-0.4, -0.2) is 29.3 Å². The van der Waals surface area contributed by atoms with E-state index in [1.807, 2.05) is 13.0 Å². The largest absolute Gasteiger partial charge is 0.297 e. The SMILES string of the molecule is CCC1NCC(=O)N(Cc2cc(C#N)ccc2F)C1=O. The van der Waals surface area contributed by atoms with Crippen LogP contribution in [0.2, 0.25) is 0 Å². The van der Waals surface area contributed by atoms with Crippen molar-refractivity contribution in [3.63, 3.8) is 0 Å². The second kappa shape index (κ2) is 5.80. The first-order chi connectivity index (χ1) is 9.56. The van der Waals surface area contributed by atoms with Gasteiger partial charge in [-0.05, 0) is 24.6 Å². The molecule has 5 nitrogen and oxygen atoms in total. The number of amides is 2. The number of hydrogen-bond donors (Lipinski definition) is 1. The van der Waals surface area contributed by atoms with Gasteiger partial charge in [0.2, 0.25) is 11.8 Å². The van der Waals surface area contributed by atoms with Crippen LogP contribution in [0.5, 0.6) is 0 Å². The first-order valence-corrected chi connectivity index (χ1v) is 6.33. The molecule has 1 aliphatic heterocycles. The average molecular weight is 275 g/mol. The van der Waals surface area contributed by atoms with Crippen LogP contribution in [0.1, 0.15) is 24.5 Å². The van der Waals surface area contributed by atoms with E-state index in [0.717, 1.165) is 4.90 Å². The van der Waals surface area contributed by atoms with Crippen LogP contribution in [0, 0.1) is 17.1 Å². The monoisotopic (exact) mass is 275 g/mol. The summed E-state index contributed by atoms with van der Waals surface area (Å²) in [7, 11) is 0. The van der Waals surface area contributed by atoms with E-state index in [9.17, 15) is 14.0 Å². The molecule has 2 amide bonds. The third-order valence-electron chi connectivity index (χ3n) is 3.28. The van der Waals surface area contributed by atoms with Crippen molar-refractivity contribution >= 4 is 11.8 Å². The Morgan fingerprint density at radius 2 is 2.25 bits per heavy atom. The summed E-state index contributed by atoms with van der Waals surface area (Å²) in [5.74, 6) is -1.27. The Morgan fingerprint density at radius 3 is 2.90 bits per heavy atom. The molecule has 20 heavy (non-hydrogen) atoms. The van der Waals surface area contributed by atoms with Crippen LogP contribution >= 0.6 is 0 Å². The zero-order valence-corrected chi connectivity index (χ0v) is 11.0. The zero-order valence-electron chi connectivity index (χ0n) is 11.0. The minimum Gasteiger partial charge on any atom is -0.297 e. The predicted molar refractivity (Wildman–Crippen MR) is 68.8 cm³/mol. The fourth-order valence-electron chi connectivity index (χ4n) is 2.13. The Morgan fingerprint density at radius 1 is 1.50 bits per heavy atom. The Kier molecular flexibility index (Phi) is 4.11. The lowest BCUT2D eigenvalue weighted by atomic mass is 10.1. The summed E-state index contributed by atoms with van der Waals surface area (Å²) in [5.41, 5.74) is 0.464. The van der Waals surface area contributed by atoms with Gasteiger partial charge in [-0.25, -0.2) is 4.39 Å².